The number of rotatable bonds is 4. The van der Waals surface area contributed by atoms with E-state index in [1.54, 1.807) is 0 Å². The molecule has 0 atom stereocenters. The Hall–Kier alpha value is -7.08. The van der Waals surface area contributed by atoms with Crippen LogP contribution in [0.4, 0.5) is 0 Å². The molecule has 0 saturated carbocycles. The van der Waals surface area contributed by atoms with Gasteiger partial charge >= 0.3 is 0 Å². The summed E-state index contributed by atoms with van der Waals surface area (Å²) in [6, 6.07) is 66.1. The Morgan fingerprint density at radius 1 is 0.404 bits per heavy atom. The smallest absolute Gasteiger partial charge is 0.235 e. The molecule has 0 N–H and O–H groups in total. The lowest BCUT2D eigenvalue weighted by Crippen LogP contribution is -2.50. The Morgan fingerprint density at radius 3 is 1.58 bits per heavy atom. The molecule has 57 heavy (non-hydrogen) atoms. The zero-order valence-corrected chi connectivity index (χ0v) is 32.6. The van der Waals surface area contributed by atoms with Gasteiger partial charge in [-0.15, -0.1) is 0 Å². The van der Waals surface area contributed by atoms with Crippen molar-refractivity contribution in [3.8, 4) is 45.3 Å². The second-order valence-corrected chi connectivity index (χ2v) is 20.1. The van der Waals surface area contributed by atoms with Gasteiger partial charge in [0.05, 0.1) is 33.5 Å². The largest absolute Gasteiger partial charge is 0.309 e. The molecule has 11 aromatic rings. The summed E-state index contributed by atoms with van der Waals surface area (Å²) in [6.07, 6.45) is 0. The van der Waals surface area contributed by atoms with Crippen LogP contribution in [0.15, 0.2) is 182 Å². The third kappa shape index (κ3) is 4.67. The van der Waals surface area contributed by atoms with Gasteiger partial charge in [0.2, 0.25) is 5.95 Å². The topological polar surface area (TPSA) is 35.6 Å². The highest BCUT2D eigenvalue weighted by Gasteiger charge is 2.42. The number of benzene rings is 8. The predicted octanol–water partition coefficient (Wildman–Crippen LogP) is 12.0. The first-order valence-corrected chi connectivity index (χ1v) is 22.7. The van der Waals surface area contributed by atoms with Crippen LogP contribution in [-0.4, -0.2) is 27.2 Å². The molecule has 0 bridgehead atoms. The Labute approximate surface area is 331 Å². The molecule has 5 heteroatoms. The fraction of sp³-hybridized carbons (Fsp3) is 0.0385. The normalized spacial score (nSPS) is 13.2. The summed E-state index contributed by atoms with van der Waals surface area (Å²) < 4.78 is 4.65. The SMILES string of the molecule is C[Si]1(C)c2cc3ccccc3cc2-c2nc(-n3c4ccccc4c4cc(-c5ccc6c(c5)c5ccccc5n6-c5ccccc5)ccc43)nc(-c3ccccc3)c21. The molecule has 0 unspecified atom stereocenters. The van der Waals surface area contributed by atoms with Gasteiger partial charge in [-0.25, -0.2) is 9.97 Å². The van der Waals surface area contributed by atoms with Crippen LogP contribution in [0.2, 0.25) is 13.1 Å². The minimum absolute atomic E-state index is 0.701. The summed E-state index contributed by atoms with van der Waals surface area (Å²) in [7, 11) is -2.18. The van der Waals surface area contributed by atoms with Crippen molar-refractivity contribution in [1.82, 2.24) is 19.1 Å². The predicted molar refractivity (Wildman–Crippen MR) is 241 cm³/mol. The van der Waals surface area contributed by atoms with Crippen molar-refractivity contribution >= 4 is 72.8 Å². The minimum atomic E-state index is -2.18. The monoisotopic (exact) mass is 744 g/mol. The molecule has 0 fully saturated rings. The highest BCUT2D eigenvalue weighted by Crippen LogP contribution is 2.40. The Balaban J connectivity index is 1.08. The van der Waals surface area contributed by atoms with E-state index in [1.165, 1.54) is 70.4 Å². The number of hydrogen-bond acceptors (Lipinski definition) is 2. The van der Waals surface area contributed by atoms with Crippen molar-refractivity contribution in [1.29, 1.82) is 0 Å². The summed E-state index contributed by atoms with van der Waals surface area (Å²) in [5.74, 6) is 0.701. The highest BCUT2D eigenvalue weighted by molar-refractivity contribution is 7.04. The quantitative estimate of drug-likeness (QED) is 0.168. The summed E-state index contributed by atoms with van der Waals surface area (Å²) in [5, 5.41) is 10.1. The lowest BCUT2D eigenvalue weighted by molar-refractivity contribution is 1.00. The molecule has 8 aromatic carbocycles. The molecule has 1 aliphatic heterocycles. The van der Waals surface area contributed by atoms with Crippen LogP contribution in [0.1, 0.15) is 0 Å². The molecule has 0 amide bonds. The van der Waals surface area contributed by atoms with E-state index in [4.69, 9.17) is 9.97 Å². The fourth-order valence-electron chi connectivity index (χ4n) is 9.60. The van der Waals surface area contributed by atoms with Crippen LogP contribution in [0, 0.1) is 0 Å². The van der Waals surface area contributed by atoms with Gasteiger partial charge in [-0.1, -0.05) is 140 Å². The van der Waals surface area contributed by atoms with Crippen molar-refractivity contribution in [2.45, 2.75) is 13.1 Å². The van der Waals surface area contributed by atoms with Gasteiger partial charge in [0.1, 0.15) is 8.07 Å². The fourth-order valence-corrected chi connectivity index (χ4v) is 12.8. The molecule has 268 valence electrons. The first kappa shape index (κ1) is 32.2. The van der Waals surface area contributed by atoms with Gasteiger partial charge in [-0.3, -0.25) is 4.57 Å². The van der Waals surface area contributed by atoms with Crippen molar-refractivity contribution in [3.63, 3.8) is 0 Å². The second kappa shape index (κ2) is 12.0. The average Bonchev–Trinajstić information content (AvgIpc) is 3.85. The zero-order chi connectivity index (χ0) is 37.8. The average molecular weight is 745 g/mol. The number of nitrogens with zero attached hydrogens (tertiary/aromatic N) is 4. The first-order chi connectivity index (χ1) is 28.0. The van der Waals surface area contributed by atoms with Gasteiger partial charge in [0.25, 0.3) is 0 Å². The molecule has 1 aliphatic rings. The first-order valence-electron chi connectivity index (χ1n) is 19.7. The molecule has 4 heterocycles. The van der Waals surface area contributed by atoms with E-state index in [2.05, 4.69) is 204 Å². The Kier molecular flexibility index (Phi) is 6.75. The van der Waals surface area contributed by atoms with Gasteiger partial charge < -0.3 is 4.57 Å². The van der Waals surface area contributed by atoms with E-state index in [9.17, 15) is 0 Å². The lowest BCUT2D eigenvalue weighted by Gasteiger charge is -2.22. The number of para-hydroxylation sites is 3. The van der Waals surface area contributed by atoms with Gasteiger partial charge in [0, 0.05) is 38.4 Å². The van der Waals surface area contributed by atoms with E-state index < -0.39 is 8.07 Å². The van der Waals surface area contributed by atoms with Crippen molar-refractivity contribution in [3.05, 3.63) is 182 Å². The Bertz CT molecular complexity index is 3430. The summed E-state index contributed by atoms with van der Waals surface area (Å²) in [5.41, 5.74) is 12.6. The highest BCUT2D eigenvalue weighted by atomic mass is 28.3. The lowest BCUT2D eigenvalue weighted by atomic mass is 10.0. The maximum Gasteiger partial charge on any atom is 0.235 e. The van der Waals surface area contributed by atoms with Crippen LogP contribution in [0.5, 0.6) is 0 Å². The zero-order valence-electron chi connectivity index (χ0n) is 31.6. The van der Waals surface area contributed by atoms with Gasteiger partial charge in [-0.05, 0) is 86.9 Å². The summed E-state index contributed by atoms with van der Waals surface area (Å²) in [4.78, 5) is 11.1. The summed E-state index contributed by atoms with van der Waals surface area (Å²) >= 11 is 0. The molecule has 12 rings (SSSR count). The van der Waals surface area contributed by atoms with E-state index in [-0.39, 0.29) is 0 Å². The van der Waals surface area contributed by atoms with Crippen molar-refractivity contribution in [2.24, 2.45) is 0 Å². The molecule has 0 aliphatic carbocycles. The molecule has 4 nitrogen and oxygen atoms in total. The number of hydrogen-bond donors (Lipinski definition) is 0. The van der Waals surface area contributed by atoms with E-state index in [0.717, 1.165) is 33.7 Å². The van der Waals surface area contributed by atoms with Crippen LogP contribution < -0.4 is 10.4 Å². The van der Waals surface area contributed by atoms with Crippen molar-refractivity contribution < 1.29 is 0 Å². The molecular formula is C52H36N4Si. The minimum Gasteiger partial charge on any atom is -0.309 e. The third-order valence-corrected chi connectivity index (χ3v) is 15.8. The molecule has 0 saturated heterocycles. The van der Waals surface area contributed by atoms with Crippen LogP contribution in [0.25, 0.3) is 99.7 Å². The van der Waals surface area contributed by atoms with E-state index in [1.807, 2.05) is 0 Å². The molecule has 0 spiro atoms. The van der Waals surface area contributed by atoms with Gasteiger partial charge in [-0.2, -0.15) is 0 Å². The van der Waals surface area contributed by atoms with E-state index >= 15 is 0 Å². The maximum absolute atomic E-state index is 5.58. The van der Waals surface area contributed by atoms with Crippen LogP contribution in [0.3, 0.4) is 0 Å². The molecule has 0 radical (unpaired) electrons. The molecular weight excluding hydrogens is 709 g/mol. The van der Waals surface area contributed by atoms with Crippen LogP contribution in [-0.2, 0) is 0 Å². The standard InChI is InChI=1S/C52H36N4Si/c1-57(2)48-32-35-18-10-9-17-34(35)31-43(48)50-51(57)49(33-15-5-3-6-16-33)53-52(54-50)56-45-24-14-12-22-40(45)42-30-37(26-28-47(42)56)36-25-27-46-41(29-36)39-21-11-13-23-44(39)55(46)38-19-7-4-8-20-38/h3-32H,1-2H3. The van der Waals surface area contributed by atoms with Crippen molar-refractivity contribution in [2.75, 3.05) is 0 Å². The van der Waals surface area contributed by atoms with E-state index in [0.29, 0.717) is 5.95 Å². The molecule has 3 aromatic heterocycles. The second-order valence-electron chi connectivity index (χ2n) is 15.8. The Morgan fingerprint density at radius 2 is 0.912 bits per heavy atom. The number of fused-ring (bicyclic) bond motifs is 10. The number of aromatic nitrogens is 4. The van der Waals surface area contributed by atoms with Gasteiger partial charge in [0.15, 0.2) is 0 Å². The third-order valence-electron chi connectivity index (χ3n) is 12.3. The van der Waals surface area contributed by atoms with Crippen LogP contribution >= 0.6 is 0 Å². The summed E-state index contributed by atoms with van der Waals surface area (Å²) in [6.45, 7) is 4.92. The maximum atomic E-state index is 5.58.